The van der Waals surface area contributed by atoms with Gasteiger partial charge in [-0.15, -0.1) is 11.3 Å². The molecule has 1 aliphatic rings. The van der Waals surface area contributed by atoms with Crippen molar-refractivity contribution < 1.29 is 24.2 Å². The number of hydrogen-bond donors (Lipinski definition) is 2. The fourth-order valence-corrected chi connectivity index (χ4v) is 5.32. The summed E-state index contributed by atoms with van der Waals surface area (Å²) in [5.41, 5.74) is 1.13. The number of rotatable bonds is 12. The summed E-state index contributed by atoms with van der Waals surface area (Å²) in [5.74, 6) is -0.184. The fourth-order valence-electron chi connectivity index (χ4n) is 4.64. The Kier molecular flexibility index (Phi) is 10.1. The second-order valence-electron chi connectivity index (χ2n) is 9.55. The third-order valence-corrected chi connectivity index (χ3v) is 7.79. The molecular formula is C29H36N6O5S. The Morgan fingerprint density at radius 2 is 1.78 bits per heavy atom. The van der Waals surface area contributed by atoms with Gasteiger partial charge in [0.1, 0.15) is 17.5 Å². The lowest BCUT2D eigenvalue weighted by Crippen LogP contribution is -2.36. The number of carboxylic acids is 1. The lowest BCUT2D eigenvalue weighted by molar-refractivity contribution is -0.137. The van der Waals surface area contributed by atoms with Gasteiger partial charge in [0.2, 0.25) is 5.95 Å². The van der Waals surface area contributed by atoms with E-state index in [2.05, 4.69) is 15.3 Å². The minimum Gasteiger partial charge on any atom is -0.480 e. The molecule has 1 aliphatic heterocycles. The van der Waals surface area contributed by atoms with Gasteiger partial charge in [-0.1, -0.05) is 18.2 Å². The van der Waals surface area contributed by atoms with Crippen LogP contribution in [0.2, 0.25) is 0 Å². The number of aliphatic carboxylic acids is 1. The summed E-state index contributed by atoms with van der Waals surface area (Å²) in [5, 5.41) is 15.0. The molecule has 11 nitrogen and oxygen atoms in total. The highest BCUT2D eigenvalue weighted by atomic mass is 32.1. The number of anilines is 3. The molecule has 41 heavy (non-hydrogen) atoms. The molecular weight excluding hydrogens is 544 g/mol. The van der Waals surface area contributed by atoms with Crippen molar-refractivity contribution in [1.82, 2.24) is 14.9 Å². The first-order valence-corrected chi connectivity index (χ1v) is 14.7. The van der Waals surface area contributed by atoms with Crippen LogP contribution in [0.3, 0.4) is 0 Å². The second kappa shape index (κ2) is 13.9. The van der Waals surface area contributed by atoms with Crippen LogP contribution in [0.25, 0.3) is 0 Å². The van der Waals surface area contributed by atoms with E-state index in [-0.39, 0.29) is 24.2 Å². The van der Waals surface area contributed by atoms with Gasteiger partial charge in [-0.25, -0.2) is 14.6 Å². The normalized spacial score (nSPS) is 13.5. The van der Waals surface area contributed by atoms with Crippen molar-refractivity contribution in [3.05, 3.63) is 58.4 Å². The molecule has 1 fully saturated rings. The molecule has 3 heterocycles. The summed E-state index contributed by atoms with van der Waals surface area (Å²) in [6.45, 7) is 8.87. The summed E-state index contributed by atoms with van der Waals surface area (Å²) in [7, 11) is 0. The maximum Gasteiger partial charge on any atom is 0.415 e. The van der Waals surface area contributed by atoms with E-state index in [9.17, 15) is 19.5 Å². The molecule has 0 saturated carbocycles. The van der Waals surface area contributed by atoms with Crippen LogP contribution in [-0.4, -0.2) is 76.7 Å². The van der Waals surface area contributed by atoms with Gasteiger partial charge < -0.3 is 29.9 Å². The van der Waals surface area contributed by atoms with Gasteiger partial charge in [0.25, 0.3) is 5.91 Å². The number of aromatic nitrogens is 2. The lowest BCUT2D eigenvalue weighted by Gasteiger charge is -2.26. The smallest absolute Gasteiger partial charge is 0.415 e. The van der Waals surface area contributed by atoms with E-state index in [4.69, 9.17) is 4.74 Å². The Balaban J connectivity index is 1.58. The van der Waals surface area contributed by atoms with Crippen LogP contribution in [0.15, 0.2) is 48.0 Å². The summed E-state index contributed by atoms with van der Waals surface area (Å²) >= 11 is 1.33. The lowest BCUT2D eigenvalue weighted by atomic mass is 10.1. The van der Waals surface area contributed by atoms with E-state index in [1.807, 2.05) is 37.1 Å². The zero-order chi connectivity index (χ0) is 29.4. The van der Waals surface area contributed by atoms with Crippen molar-refractivity contribution in [3.8, 4) is 5.75 Å². The van der Waals surface area contributed by atoms with Crippen molar-refractivity contribution in [2.45, 2.75) is 46.1 Å². The highest BCUT2D eigenvalue weighted by molar-refractivity contribution is 7.12. The molecule has 1 saturated heterocycles. The van der Waals surface area contributed by atoms with Gasteiger partial charge in [0, 0.05) is 39.1 Å². The molecule has 0 bridgehead atoms. The average molecular weight is 581 g/mol. The van der Waals surface area contributed by atoms with Crippen molar-refractivity contribution in [2.24, 2.45) is 0 Å². The first-order valence-electron chi connectivity index (χ1n) is 13.9. The van der Waals surface area contributed by atoms with E-state index in [1.54, 1.807) is 46.3 Å². The molecule has 1 atom stereocenters. The maximum atomic E-state index is 13.3. The van der Waals surface area contributed by atoms with Gasteiger partial charge in [-0.05, 0) is 62.8 Å². The van der Waals surface area contributed by atoms with Gasteiger partial charge in [-0.3, -0.25) is 4.79 Å². The third kappa shape index (κ3) is 7.31. The number of carbonyl (C=O) groups is 3. The van der Waals surface area contributed by atoms with Crippen LogP contribution >= 0.6 is 11.3 Å². The predicted molar refractivity (Wildman–Crippen MR) is 159 cm³/mol. The first-order chi connectivity index (χ1) is 19.8. The summed E-state index contributed by atoms with van der Waals surface area (Å²) in [6.07, 6.45) is 3.27. The SMILES string of the molecule is CCN(CC)c1ncc(N(CC)C(=O)c2cccs2)c(N[C@H](Cc2ccc(OC(=O)N3CCCC3)cc2)C(=O)O)n1. The Bertz CT molecular complexity index is 1320. The van der Waals surface area contributed by atoms with E-state index in [0.717, 1.165) is 18.4 Å². The van der Waals surface area contributed by atoms with Crippen LogP contribution in [0.5, 0.6) is 5.75 Å². The molecule has 0 radical (unpaired) electrons. The Labute approximate surface area is 243 Å². The number of benzene rings is 1. The van der Waals surface area contributed by atoms with Crippen molar-refractivity contribution in [2.75, 3.05) is 47.8 Å². The van der Waals surface area contributed by atoms with Crippen LogP contribution in [0, 0.1) is 0 Å². The molecule has 218 valence electrons. The van der Waals surface area contributed by atoms with Crippen molar-refractivity contribution >= 4 is 46.8 Å². The van der Waals surface area contributed by atoms with E-state index < -0.39 is 12.0 Å². The number of carboxylic acid groups (broad SMARTS) is 1. The van der Waals surface area contributed by atoms with E-state index >= 15 is 0 Å². The van der Waals surface area contributed by atoms with Crippen LogP contribution in [0.4, 0.5) is 22.2 Å². The Hall–Kier alpha value is -4.19. The minimum absolute atomic E-state index is 0.130. The second-order valence-corrected chi connectivity index (χ2v) is 10.5. The zero-order valence-corrected chi connectivity index (χ0v) is 24.4. The number of nitrogens with one attached hydrogen (secondary N) is 1. The molecule has 0 aliphatic carbocycles. The Morgan fingerprint density at radius 1 is 1.07 bits per heavy atom. The standard InChI is InChI=1S/C29H36N6O5S/c1-4-33(5-2)28-30-19-23(35(6-3)26(36)24-10-9-17-41-24)25(32-28)31-22(27(37)38)18-20-11-13-21(14-12-20)40-29(39)34-15-7-8-16-34/h9-14,17,19,22H,4-8,15-16,18H2,1-3H3,(H,37,38)(H,30,31,32)/t22-/m1/s1. The Morgan fingerprint density at radius 3 is 2.37 bits per heavy atom. The topological polar surface area (TPSA) is 128 Å². The van der Waals surface area contributed by atoms with Gasteiger partial charge in [0.05, 0.1) is 11.1 Å². The first kappa shape index (κ1) is 29.8. The molecule has 2 aromatic heterocycles. The zero-order valence-electron chi connectivity index (χ0n) is 23.6. The molecule has 1 aromatic carbocycles. The largest absolute Gasteiger partial charge is 0.480 e. The van der Waals surface area contributed by atoms with Crippen molar-refractivity contribution in [1.29, 1.82) is 0 Å². The monoisotopic (exact) mass is 580 g/mol. The minimum atomic E-state index is -1.07. The molecule has 4 rings (SSSR count). The number of likely N-dealkylation sites (tertiary alicyclic amines) is 1. The fraction of sp³-hybridized carbons (Fsp3) is 0.414. The van der Waals surface area contributed by atoms with Gasteiger partial charge in [-0.2, -0.15) is 4.98 Å². The highest BCUT2D eigenvalue weighted by Gasteiger charge is 2.26. The molecule has 0 unspecified atom stereocenters. The number of ether oxygens (including phenoxy) is 1. The van der Waals surface area contributed by atoms with Crippen LogP contribution in [0.1, 0.15) is 48.8 Å². The van der Waals surface area contributed by atoms with Crippen molar-refractivity contribution in [3.63, 3.8) is 0 Å². The molecule has 3 aromatic rings. The number of amides is 2. The number of carbonyl (C=O) groups excluding carboxylic acids is 2. The number of thiophene rings is 1. The molecule has 0 spiro atoms. The average Bonchev–Trinajstić information content (AvgIpc) is 3.71. The molecule has 12 heteroatoms. The van der Waals surface area contributed by atoms with Gasteiger partial charge >= 0.3 is 12.1 Å². The summed E-state index contributed by atoms with van der Waals surface area (Å²) in [6, 6.07) is 9.31. The van der Waals surface area contributed by atoms with Crippen LogP contribution < -0.4 is 19.9 Å². The number of nitrogens with zero attached hydrogens (tertiary/aromatic N) is 5. The molecule has 2 N–H and O–H groups in total. The predicted octanol–water partition coefficient (Wildman–Crippen LogP) is 4.75. The number of hydrogen-bond acceptors (Lipinski definition) is 9. The van der Waals surface area contributed by atoms with E-state index in [0.29, 0.717) is 55.0 Å². The quantitative estimate of drug-likeness (QED) is 0.312. The van der Waals surface area contributed by atoms with Gasteiger partial charge in [0.15, 0.2) is 5.82 Å². The maximum absolute atomic E-state index is 13.3. The third-order valence-electron chi connectivity index (χ3n) is 6.93. The van der Waals surface area contributed by atoms with Crippen LogP contribution in [-0.2, 0) is 11.2 Å². The van der Waals surface area contributed by atoms with E-state index in [1.165, 1.54) is 11.3 Å². The summed E-state index contributed by atoms with van der Waals surface area (Å²) in [4.78, 5) is 52.9. The molecule has 2 amide bonds. The summed E-state index contributed by atoms with van der Waals surface area (Å²) < 4.78 is 5.46. The highest BCUT2D eigenvalue weighted by Crippen LogP contribution is 2.29.